The van der Waals surface area contributed by atoms with Crippen LogP contribution in [0.4, 0.5) is 10.5 Å². The number of rotatable bonds is 4. The number of urea groups is 1. The Morgan fingerprint density at radius 1 is 1.26 bits per heavy atom. The van der Waals surface area contributed by atoms with E-state index < -0.39 is 18.2 Å². The first kappa shape index (κ1) is 16.5. The fourth-order valence-corrected chi connectivity index (χ4v) is 2.19. The van der Waals surface area contributed by atoms with Crippen LogP contribution in [0.15, 0.2) is 36.4 Å². The molecule has 6 nitrogen and oxygen atoms in total. The quantitative estimate of drug-likeness (QED) is 0.846. The number of hydrogen-bond donors (Lipinski definition) is 2. The van der Waals surface area contributed by atoms with Crippen molar-refractivity contribution in [1.29, 1.82) is 5.26 Å². The third-order valence-corrected chi connectivity index (χ3v) is 3.68. The van der Waals surface area contributed by atoms with Gasteiger partial charge >= 0.3 is 6.03 Å². The van der Waals surface area contributed by atoms with E-state index in [1.807, 2.05) is 0 Å². The molecule has 2 aromatic rings. The Labute approximate surface area is 133 Å². The molecule has 23 heavy (non-hydrogen) atoms. The number of aliphatic hydroxyl groups is 1. The van der Waals surface area contributed by atoms with Crippen molar-refractivity contribution in [2.75, 3.05) is 4.90 Å². The second kappa shape index (κ2) is 6.90. The first-order valence-electron chi connectivity index (χ1n) is 7.14. The first-order valence-corrected chi connectivity index (χ1v) is 7.14. The molecule has 0 fully saturated rings. The van der Waals surface area contributed by atoms with E-state index in [0.29, 0.717) is 28.4 Å². The van der Waals surface area contributed by atoms with Crippen molar-refractivity contribution < 1.29 is 14.7 Å². The maximum Gasteiger partial charge on any atom is 0.328 e. The maximum atomic E-state index is 12.3. The summed E-state index contributed by atoms with van der Waals surface area (Å²) in [5, 5.41) is 22.5. The van der Waals surface area contributed by atoms with Gasteiger partial charge in [0.05, 0.1) is 29.5 Å². The number of carbonyl (C=O) groups is 2. The van der Waals surface area contributed by atoms with E-state index >= 15 is 0 Å². The molecular weight excluding hydrogens is 294 g/mol. The summed E-state index contributed by atoms with van der Waals surface area (Å²) in [5.74, 6) is 0. The lowest BCUT2D eigenvalue weighted by Crippen LogP contribution is -2.47. The largest absolute Gasteiger partial charge is 0.391 e. The smallest absolute Gasteiger partial charge is 0.328 e. The van der Waals surface area contributed by atoms with E-state index in [1.165, 1.54) is 0 Å². The van der Waals surface area contributed by atoms with Crippen molar-refractivity contribution in [3.05, 3.63) is 42.0 Å². The summed E-state index contributed by atoms with van der Waals surface area (Å²) in [4.78, 5) is 24.7. The molecule has 2 aromatic carbocycles. The van der Waals surface area contributed by atoms with Crippen LogP contribution in [0, 0.1) is 11.3 Å². The molecule has 0 aliphatic rings. The second-order valence-electron chi connectivity index (χ2n) is 5.24. The van der Waals surface area contributed by atoms with Crippen LogP contribution >= 0.6 is 0 Å². The lowest BCUT2D eigenvalue weighted by atomic mass is 10.0. The van der Waals surface area contributed by atoms with Crippen molar-refractivity contribution in [2.45, 2.75) is 26.0 Å². The number of benzene rings is 2. The number of nitrogens with one attached hydrogen (secondary N) is 1. The summed E-state index contributed by atoms with van der Waals surface area (Å²) in [6, 6.07) is 11.1. The third-order valence-electron chi connectivity index (χ3n) is 3.68. The Kier molecular flexibility index (Phi) is 4.94. The van der Waals surface area contributed by atoms with Gasteiger partial charge in [0.15, 0.2) is 0 Å². The van der Waals surface area contributed by atoms with Crippen molar-refractivity contribution in [1.82, 2.24) is 5.32 Å². The number of aliphatic hydroxyl groups excluding tert-OH is 1. The predicted molar refractivity (Wildman–Crippen MR) is 86.9 cm³/mol. The average Bonchev–Trinajstić information content (AvgIpc) is 2.55. The van der Waals surface area contributed by atoms with Gasteiger partial charge in [0, 0.05) is 10.8 Å². The Balaban J connectivity index is 2.47. The van der Waals surface area contributed by atoms with Gasteiger partial charge in [-0.25, -0.2) is 9.69 Å². The van der Waals surface area contributed by atoms with Crippen molar-refractivity contribution in [3.8, 4) is 6.07 Å². The van der Waals surface area contributed by atoms with Crippen LogP contribution in [0.5, 0.6) is 0 Å². The zero-order valence-electron chi connectivity index (χ0n) is 12.9. The molecule has 2 rings (SSSR count). The van der Waals surface area contributed by atoms with Crippen molar-refractivity contribution >= 4 is 28.9 Å². The van der Waals surface area contributed by atoms with E-state index in [-0.39, 0.29) is 0 Å². The number of amides is 3. The molecule has 0 saturated heterocycles. The number of nitrogens with zero attached hydrogens (tertiary/aromatic N) is 2. The molecule has 0 aliphatic carbocycles. The van der Waals surface area contributed by atoms with E-state index in [1.54, 1.807) is 50.2 Å². The molecule has 0 aromatic heterocycles. The van der Waals surface area contributed by atoms with E-state index in [9.17, 15) is 20.0 Å². The molecule has 6 heteroatoms. The standard InChI is InChI=1S/C17H17N3O3/c1-11(12(2)22)19-17(23)20(10-21)16-8-7-13(9-18)14-5-3-4-6-15(14)16/h3-8,10-12,22H,1-2H3,(H,19,23)/t11-,12-/m1/s1. The molecule has 0 saturated carbocycles. The molecule has 118 valence electrons. The van der Waals surface area contributed by atoms with E-state index in [2.05, 4.69) is 11.4 Å². The maximum absolute atomic E-state index is 12.3. The fourth-order valence-electron chi connectivity index (χ4n) is 2.19. The Hall–Kier alpha value is -2.91. The van der Waals surface area contributed by atoms with Gasteiger partial charge in [-0.1, -0.05) is 24.3 Å². The number of carbonyl (C=O) groups excluding carboxylic acids is 2. The van der Waals surface area contributed by atoms with Crippen LogP contribution in [-0.4, -0.2) is 29.7 Å². The van der Waals surface area contributed by atoms with Crippen molar-refractivity contribution in [2.24, 2.45) is 0 Å². The number of fused-ring (bicyclic) bond motifs is 1. The molecule has 0 spiro atoms. The zero-order valence-corrected chi connectivity index (χ0v) is 12.9. The van der Waals surface area contributed by atoms with Gasteiger partial charge in [-0.3, -0.25) is 4.79 Å². The topological polar surface area (TPSA) is 93.4 Å². The molecular formula is C17H17N3O3. The van der Waals surface area contributed by atoms with Gasteiger partial charge in [-0.15, -0.1) is 0 Å². The highest BCUT2D eigenvalue weighted by Crippen LogP contribution is 2.28. The highest BCUT2D eigenvalue weighted by Gasteiger charge is 2.21. The minimum atomic E-state index is -0.745. The van der Waals surface area contributed by atoms with Crippen LogP contribution in [0.2, 0.25) is 0 Å². The highest BCUT2D eigenvalue weighted by atomic mass is 16.3. The van der Waals surface area contributed by atoms with Crippen LogP contribution in [0.3, 0.4) is 0 Å². The lowest BCUT2D eigenvalue weighted by Gasteiger charge is -2.22. The number of nitriles is 1. The van der Waals surface area contributed by atoms with Gasteiger partial charge in [0.25, 0.3) is 0 Å². The predicted octanol–water partition coefficient (Wildman–Crippen LogP) is 2.15. The Morgan fingerprint density at radius 3 is 2.48 bits per heavy atom. The molecule has 2 N–H and O–H groups in total. The lowest BCUT2D eigenvalue weighted by molar-refractivity contribution is -0.106. The van der Waals surface area contributed by atoms with Gasteiger partial charge in [0.2, 0.25) is 6.41 Å². The van der Waals surface area contributed by atoms with Gasteiger partial charge in [-0.2, -0.15) is 5.26 Å². The van der Waals surface area contributed by atoms with E-state index in [0.717, 1.165) is 4.90 Å². The molecule has 0 radical (unpaired) electrons. The summed E-state index contributed by atoms with van der Waals surface area (Å²) < 4.78 is 0. The molecule has 0 bridgehead atoms. The first-order chi connectivity index (χ1) is 11.0. The molecule has 3 amide bonds. The zero-order chi connectivity index (χ0) is 17.0. The second-order valence-corrected chi connectivity index (χ2v) is 5.24. The van der Waals surface area contributed by atoms with Crippen LogP contribution in [0.25, 0.3) is 10.8 Å². The molecule has 0 aliphatic heterocycles. The normalized spacial score (nSPS) is 13.0. The molecule has 0 heterocycles. The number of anilines is 1. The number of imide groups is 1. The average molecular weight is 311 g/mol. The summed E-state index contributed by atoms with van der Waals surface area (Å²) in [7, 11) is 0. The van der Waals surface area contributed by atoms with Crippen LogP contribution in [0.1, 0.15) is 19.4 Å². The van der Waals surface area contributed by atoms with Gasteiger partial charge in [-0.05, 0) is 26.0 Å². The van der Waals surface area contributed by atoms with E-state index in [4.69, 9.17) is 0 Å². The molecule has 0 unspecified atom stereocenters. The van der Waals surface area contributed by atoms with Gasteiger partial charge in [0.1, 0.15) is 0 Å². The van der Waals surface area contributed by atoms with Crippen LogP contribution < -0.4 is 10.2 Å². The summed E-state index contributed by atoms with van der Waals surface area (Å²) in [5.41, 5.74) is 0.845. The van der Waals surface area contributed by atoms with Gasteiger partial charge < -0.3 is 10.4 Å². The highest BCUT2D eigenvalue weighted by molar-refractivity contribution is 6.13. The SMILES string of the molecule is C[C@@H](O)[C@@H](C)NC(=O)N(C=O)c1ccc(C#N)c2ccccc12. The summed E-state index contributed by atoms with van der Waals surface area (Å²) >= 11 is 0. The summed E-state index contributed by atoms with van der Waals surface area (Å²) in [6.07, 6.45) is -0.331. The number of hydrogen-bond acceptors (Lipinski definition) is 4. The fraction of sp³-hybridized carbons (Fsp3) is 0.235. The minimum absolute atomic E-state index is 0.380. The monoisotopic (exact) mass is 311 g/mol. The van der Waals surface area contributed by atoms with Crippen LogP contribution in [-0.2, 0) is 4.79 Å². The minimum Gasteiger partial charge on any atom is -0.391 e. The van der Waals surface area contributed by atoms with Crippen molar-refractivity contribution in [3.63, 3.8) is 0 Å². The summed E-state index contributed by atoms with van der Waals surface area (Å²) in [6.45, 7) is 3.19. The third kappa shape index (κ3) is 3.30. The molecule has 2 atom stereocenters. The Morgan fingerprint density at radius 2 is 1.91 bits per heavy atom. The Bertz CT molecular complexity index is 780.